The number of hydrogen-bond donors (Lipinski definition) is 3. The van der Waals surface area contributed by atoms with Crippen molar-refractivity contribution in [3.05, 3.63) is 0 Å². The summed E-state index contributed by atoms with van der Waals surface area (Å²) in [7, 11) is -9.92. The van der Waals surface area contributed by atoms with E-state index in [1.807, 2.05) is 0 Å². The number of aliphatic hydroxyl groups excluding tert-OH is 1. The molecule has 101 heavy (non-hydrogen) atoms. The highest BCUT2D eigenvalue weighted by Crippen LogP contribution is 2.45. The van der Waals surface area contributed by atoms with Crippen molar-refractivity contribution in [1.82, 2.24) is 0 Å². The molecule has 0 radical (unpaired) electrons. The Bertz CT molecular complexity index is 1940. The van der Waals surface area contributed by atoms with Gasteiger partial charge >= 0.3 is 39.5 Å². The zero-order valence-corrected chi connectivity index (χ0v) is 68.0. The number of phosphoric ester groups is 2. The van der Waals surface area contributed by atoms with Gasteiger partial charge in [0.25, 0.3) is 0 Å². The molecule has 0 aromatic heterocycles. The fourth-order valence-electron chi connectivity index (χ4n) is 12.7. The molecule has 0 bridgehead atoms. The fourth-order valence-corrected chi connectivity index (χ4v) is 14.3. The van der Waals surface area contributed by atoms with Crippen LogP contribution in [-0.4, -0.2) is 96.7 Å². The number of phosphoric acid groups is 2. The zero-order valence-electron chi connectivity index (χ0n) is 66.2. The highest BCUT2D eigenvalue weighted by Gasteiger charge is 2.30. The van der Waals surface area contributed by atoms with E-state index in [1.165, 1.54) is 244 Å². The van der Waals surface area contributed by atoms with E-state index < -0.39 is 97.5 Å². The summed E-state index contributed by atoms with van der Waals surface area (Å²) in [4.78, 5) is 73.1. The fraction of sp³-hybridized carbons (Fsp3) is 0.951. The van der Waals surface area contributed by atoms with E-state index in [1.54, 1.807) is 0 Å². The molecule has 0 amide bonds. The Balaban J connectivity index is 5.24. The number of aliphatic hydroxyl groups is 1. The number of hydrogen-bond acceptors (Lipinski definition) is 15. The Labute approximate surface area is 619 Å². The normalized spacial score (nSPS) is 14.2. The van der Waals surface area contributed by atoms with Gasteiger partial charge in [-0.2, -0.15) is 0 Å². The molecule has 0 heterocycles. The lowest BCUT2D eigenvalue weighted by atomic mass is 10.00. The van der Waals surface area contributed by atoms with Crippen molar-refractivity contribution in [3.63, 3.8) is 0 Å². The average molecular weight is 1480 g/mol. The van der Waals surface area contributed by atoms with E-state index in [4.69, 9.17) is 37.0 Å². The SMILES string of the molecule is CCCCCCCCCCCCCCCCCCCCC(=O)OC[C@H](COP(=O)(O)OC[C@@H](O)COP(=O)(O)OC[C@@H](COC(=O)CCCCCCCCC(C)CC)OC(=O)CCCCCCCCCCCCCCCCC)OC(=O)CCCCCCCCCCCCCCCCCC(C)C. The Kier molecular flexibility index (Phi) is 72.2. The molecule has 0 aliphatic rings. The van der Waals surface area contributed by atoms with E-state index in [0.29, 0.717) is 25.7 Å². The first-order valence-corrected chi connectivity index (χ1v) is 45.5. The molecule has 0 aliphatic heterocycles. The van der Waals surface area contributed by atoms with Crippen molar-refractivity contribution in [2.24, 2.45) is 11.8 Å². The predicted octanol–water partition coefficient (Wildman–Crippen LogP) is 24.7. The van der Waals surface area contributed by atoms with Crippen molar-refractivity contribution in [2.45, 2.75) is 452 Å². The van der Waals surface area contributed by atoms with Gasteiger partial charge in [-0.3, -0.25) is 37.3 Å². The first-order chi connectivity index (χ1) is 48.9. The maximum Gasteiger partial charge on any atom is 0.472 e. The van der Waals surface area contributed by atoms with Crippen LogP contribution < -0.4 is 0 Å². The van der Waals surface area contributed by atoms with Crippen LogP contribution in [-0.2, 0) is 65.4 Å². The van der Waals surface area contributed by atoms with Gasteiger partial charge in [0, 0.05) is 25.7 Å². The summed E-state index contributed by atoms with van der Waals surface area (Å²) in [5.74, 6) is -0.573. The lowest BCUT2D eigenvalue weighted by Crippen LogP contribution is -2.30. The summed E-state index contributed by atoms with van der Waals surface area (Å²) in [6.45, 7) is 9.64. The first-order valence-electron chi connectivity index (χ1n) is 42.5. The van der Waals surface area contributed by atoms with Gasteiger partial charge in [0.2, 0.25) is 0 Å². The van der Waals surface area contributed by atoms with Crippen LogP contribution in [0.15, 0.2) is 0 Å². The second kappa shape index (κ2) is 73.6. The monoisotopic (exact) mass is 1480 g/mol. The minimum Gasteiger partial charge on any atom is -0.462 e. The predicted molar refractivity (Wildman–Crippen MR) is 414 cm³/mol. The number of esters is 4. The molecule has 600 valence electrons. The van der Waals surface area contributed by atoms with E-state index >= 15 is 0 Å². The topological polar surface area (TPSA) is 237 Å². The van der Waals surface area contributed by atoms with Gasteiger partial charge < -0.3 is 33.8 Å². The van der Waals surface area contributed by atoms with Crippen molar-refractivity contribution in [3.8, 4) is 0 Å². The van der Waals surface area contributed by atoms with Crippen LogP contribution in [0.25, 0.3) is 0 Å². The Morgan fingerprint density at radius 1 is 0.287 bits per heavy atom. The van der Waals surface area contributed by atoms with E-state index in [0.717, 1.165) is 108 Å². The van der Waals surface area contributed by atoms with Gasteiger partial charge in [-0.25, -0.2) is 9.13 Å². The van der Waals surface area contributed by atoms with Gasteiger partial charge in [-0.05, 0) is 37.5 Å². The number of carbonyl (C=O) groups excluding carboxylic acids is 4. The van der Waals surface area contributed by atoms with Crippen molar-refractivity contribution >= 4 is 39.5 Å². The lowest BCUT2D eigenvalue weighted by molar-refractivity contribution is -0.161. The molecule has 0 saturated heterocycles. The molecular formula is C82H160O17P2. The molecule has 0 spiro atoms. The largest absolute Gasteiger partial charge is 0.472 e. The molecule has 0 rings (SSSR count). The third-order valence-corrected chi connectivity index (χ3v) is 21.5. The average Bonchev–Trinajstić information content (AvgIpc) is 0.939. The van der Waals surface area contributed by atoms with Crippen molar-refractivity contribution < 1.29 is 80.2 Å². The summed E-state index contributed by atoms with van der Waals surface area (Å²) in [5.41, 5.74) is 0. The minimum absolute atomic E-state index is 0.107. The van der Waals surface area contributed by atoms with Crippen LogP contribution in [0.3, 0.4) is 0 Å². The van der Waals surface area contributed by atoms with Gasteiger partial charge in [0.05, 0.1) is 26.4 Å². The Morgan fingerprint density at radius 3 is 0.752 bits per heavy atom. The van der Waals surface area contributed by atoms with Crippen molar-refractivity contribution in [1.29, 1.82) is 0 Å². The van der Waals surface area contributed by atoms with E-state index in [2.05, 4.69) is 41.5 Å². The molecule has 0 fully saturated rings. The van der Waals surface area contributed by atoms with Gasteiger partial charge in [0.1, 0.15) is 19.3 Å². The Morgan fingerprint density at radius 2 is 0.505 bits per heavy atom. The Hall–Kier alpha value is -1.94. The second-order valence-corrected chi connectivity index (χ2v) is 33.1. The standard InChI is InChI=1S/C82H160O17P2/c1-7-10-12-14-16-18-20-22-24-25-26-30-33-37-41-45-52-58-64-79(84)92-70-77(98-81(86)66-61-55-47-43-39-35-31-27-29-32-36-40-44-50-56-62-74(4)5)72-96-100(88,89)94-68-76(83)69-95-101(90,91)97-73-78(71-93-80(85)65-59-53-49-48-51-57-63-75(6)9-3)99-82(87)67-60-54-46-42-38-34-28-23-21-19-17-15-13-11-8-2/h74-78,83H,7-73H2,1-6H3,(H,88,89)(H,90,91)/t75?,76-,77-,78-/m1/s1. The van der Waals surface area contributed by atoms with Gasteiger partial charge in [0.15, 0.2) is 12.2 Å². The molecule has 19 heteroatoms. The number of ether oxygens (including phenoxy) is 4. The molecule has 0 aromatic carbocycles. The molecule has 0 aromatic rings. The highest BCUT2D eigenvalue weighted by molar-refractivity contribution is 7.47. The third kappa shape index (κ3) is 74.7. The smallest absolute Gasteiger partial charge is 0.462 e. The number of unbranched alkanes of at least 4 members (excludes halogenated alkanes) is 50. The third-order valence-electron chi connectivity index (χ3n) is 19.6. The van der Waals surface area contributed by atoms with E-state index in [-0.39, 0.29) is 25.7 Å². The van der Waals surface area contributed by atoms with Crippen LogP contribution in [0, 0.1) is 11.8 Å². The van der Waals surface area contributed by atoms with Crippen molar-refractivity contribution in [2.75, 3.05) is 39.6 Å². The summed E-state index contributed by atoms with van der Waals surface area (Å²) >= 11 is 0. The summed E-state index contributed by atoms with van der Waals surface area (Å²) in [6, 6.07) is 0. The van der Waals surface area contributed by atoms with E-state index in [9.17, 15) is 43.2 Å². The maximum atomic E-state index is 13.1. The number of rotatable bonds is 81. The minimum atomic E-state index is -4.96. The lowest BCUT2D eigenvalue weighted by Gasteiger charge is -2.21. The van der Waals surface area contributed by atoms with Crippen LogP contribution in [0.2, 0.25) is 0 Å². The molecule has 0 aliphatic carbocycles. The summed E-state index contributed by atoms with van der Waals surface area (Å²) in [6.07, 6.45) is 63.8. The molecule has 17 nitrogen and oxygen atoms in total. The van der Waals surface area contributed by atoms with Crippen LogP contribution in [0.4, 0.5) is 0 Å². The zero-order chi connectivity index (χ0) is 74.2. The molecular weight excluding hydrogens is 1320 g/mol. The van der Waals surface area contributed by atoms with Gasteiger partial charge in [-0.15, -0.1) is 0 Å². The van der Waals surface area contributed by atoms with Crippen LogP contribution >= 0.6 is 15.6 Å². The summed E-state index contributed by atoms with van der Waals surface area (Å²) in [5, 5.41) is 10.6. The number of carbonyl (C=O) groups is 4. The highest BCUT2D eigenvalue weighted by atomic mass is 31.2. The molecule has 0 saturated carbocycles. The van der Waals surface area contributed by atoms with Crippen LogP contribution in [0.5, 0.6) is 0 Å². The first kappa shape index (κ1) is 99.1. The van der Waals surface area contributed by atoms with Gasteiger partial charge in [-0.1, -0.05) is 382 Å². The molecule has 3 N–H and O–H groups in total. The van der Waals surface area contributed by atoms with Crippen LogP contribution in [0.1, 0.15) is 433 Å². The molecule has 6 atom stereocenters. The maximum absolute atomic E-state index is 13.1. The summed E-state index contributed by atoms with van der Waals surface area (Å²) < 4.78 is 68.8. The second-order valence-electron chi connectivity index (χ2n) is 30.2. The molecule has 3 unspecified atom stereocenters. The quantitative estimate of drug-likeness (QED) is 0.0222.